The largest absolute Gasteiger partial charge is 0.497 e. The molecule has 0 saturated carbocycles. The molecular weight excluding hydrogens is 278 g/mol. The van der Waals surface area contributed by atoms with Crippen LogP contribution in [0.1, 0.15) is 23.5 Å². The highest BCUT2D eigenvalue weighted by atomic mass is 16.5. The second-order valence-electron chi connectivity index (χ2n) is 5.15. The molecule has 0 atom stereocenters. The van der Waals surface area contributed by atoms with Crippen molar-refractivity contribution in [2.24, 2.45) is 0 Å². The van der Waals surface area contributed by atoms with Gasteiger partial charge in [-0.15, -0.1) is 0 Å². The molecule has 0 spiro atoms. The minimum Gasteiger partial charge on any atom is -0.497 e. The Kier molecular flexibility index (Phi) is 5.58. The van der Waals surface area contributed by atoms with E-state index in [4.69, 9.17) is 9.47 Å². The van der Waals surface area contributed by atoms with Crippen LogP contribution < -0.4 is 14.8 Å². The van der Waals surface area contributed by atoms with Crippen molar-refractivity contribution < 1.29 is 9.47 Å². The Morgan fingerprint density at radius 2 is 1.86 bits per heavy atom. The lowest BCUT2D eigenvalue weighted by atomic mass is 10.1. The number of aromatic nitrogens is 2. The van der Waals surface area contributed by atoms with E-state index in [1.807, 2.05) is 38.1 Å². The first-order valence-electron chi connectivity index (χ1n) is 7.39. The van der Waals surface area contributed by atoms with Gasteiger partial charge < -0.3 is 14.8 Å². The fraction of sp³-hybridized carbons (Fsp3) is 0.412. The summed E-state index contributed by atoms with van der Waals surface area (Å²) in [4.78, 5) is 8.64. The molecule has 1 aromatic carbocycles. The van der Waals surface area contributed by atoms with Crippen molar-refractivity contribution in [2.45, 2.75) is 26.7 Å². The number of ether oxygens (including phenoxy) is 2. The maximum Gasteiger partial charge on any atom is 0.129 e. The number of methoxy groups -OCH3 is 2. The van der Waals surface area contributed by atoms with Gasteiger partial charge in [0.2, 0.25) is 0 Å². The lowest BCUT2D eigenvalue weighted by Gasteiger charge is -2.11. The summed E-state index contributed by atoms with van der Waals surface area (Å²) in [7, 11) is 3.36. The molecule has 5 heteroatoms. The minimum atomic E-state index is 0.789. The van der Waals surface area contributed by atoms with Crippen LogP contribution in [0.2, 0.25) is 0 Å². The summed E-state index contributed by atoms with van der Waals surface area (Å²) in [5.74, 6) is 3.42. The van der Waals surface area contributed by atoms with E-state index in [9.17, 15) is 0 Å². The Labute approximate surface area is 131 Å². The van der Waals surface area contributed by atoms with Gasteiger partial charge in [0.25, 0.3) is 0 Å². The van der Waals surface area contributed by atoms with Crippen molar-refractivity contribution in [3.05, 3.63) is 41.3 Å². The lowest BCUT2D eigenvalue weighted by molar-refractivity contribution is 0.398. The fourth-order valence-electron chi connectivity index (χ4n) is 2.38. The number of nitrogens with one attached hydrogen (secondary N) is 1. The summed E-state index contributed by atoms with van der Waals surface area (Å²) < 4.78 is 10.7. The summed E-state index contributed by atoms with van der Waals surface area (Å²) >= 11 is 0. The van der Waals surface area contributed by atoms with E-state index in [0.29, 0.717) is 0 Å². The van der Waals surface area contributed by atoms with Crippen LogP contribution in [0.4, 0.5) is 5.82 Å². The Hall–Kier alpha value is -2.30. The summed E-state index contributed by atoms with van der Waals surface area (Å²) in [6.07, 6.45) is 1.89. The monoisotopic (exact) mass is 301 g/mol. The van der Waals surface area contributed by atoms with Crippen LogP contribution in [-0.4, -0.2) is 30.7 Å². The van der Waals surface area contributed by atoms with Crippen LogP contribution in [0.15, 0.2) is 24.3 Å². The first kappa shape index (κ1) is 16.1. The molecule has 0 amide bonds. The number of anilines is 1. The number of hydrogen-bond acceptors (Lipinski definition) is 5. The third kappa shape index (κ3) is 4.35. The SMILES string of the molecule is COc1ccc(OC)c(CCCNc2cc(C)nc(C)n2)c1. The van der Waals surface area contributed by atoms with Gasteiger partial charge in [-0.2, -0.15) is 0 Å². The molecule has 1 N–H and O–H groups in total. The quantitative estimate of drug-likeness (QED) is 0.796. The predicted molar refractivity (Wildman–Crippen MR) is 87.9 cm³/mol. The zero-order chi connectivity index (χ0) is 15.9. The Morgan fingerprint density at radius 3 is 2.55 bits per heavy atom. The van der Waals surface area contributed by atoms with Gasteiger partial charge in [-0.25, -0.2) is 9.97 Å². The van der Waals surface area contributed by atoms with Gasteiger partial charge in [0.05, 0.1) is 14.2 Å². The summed E-state index contributed by atoms with van der Waals surface area (Å²) in [6, 6.07) is 7.84. The molecule has 0 unspecified atom stereocenters. The van der Waals surface area contributed by atoms with Crippen LogP contribution in [0.25, 0.3) is 0 Å². The second kappa shape index (κ2) is 7.64. The second-order valence-corrected chi connectivity index (χ2v) is 5.15. The van der Waals surface area contributed by atoms with E-state index in [2.05, 4.69) is 15.3 Å². The predicted octanol–water partition coefficient (Wildman–Crippen LogP) is 3.16. The molecular formula is C17H23N3O2. The summed E-state index contributed by atoms with van der Waals surface area (Å²) in [6.45, 7) is 4.72. The molecule has 2 aromatic rings. The Morgan fingerprint density at radius 1 is 1.05 bits per heavy atom. The molecule has 1 aromatic heterocycles. The van der Waals surface area contributed by atoms with E-state index < -0.39 is 0 Å². The van der Waals surface area contributed by atoms with Crippen LogP contribution in [-0.2, 0) is 6.42 Å². The number of benzene rings is 1. The van der Waals surface area contributed by atoms with Crippen LogP contribution in [0.5, 0.6) is 11.5 Å². The van der Waals surface area contributed by atoms with Gasteiger partial charge >= 0.3 is 0 Å². The normalized spacial score (nSPS) is 10.4. The number of aryl methyl sites for hydroxylation is 3. The molecule has 2 rings (SSSR count). The maximum atomic E-state index is 5.40. The zero-order valence-electron chi connectivity index (χ0n) is 13.6. The molecule has 0 aliphatic rings. The van der Waals surface area contributed by atoms with E-state index in [0.717, 1.165) is 53.8 Å². The van der Waals surface area contributed by atoms with Crippen molar-refractivity contribution in [1.82, 2.24) is 9.97 Å². The van der Waals surface area contributed by atoms with Crippen molar-refractivity contribution in [1.29, 1.82) is 0 Å². The molecule has 0 radical (unpaired) electrons. The zero-order valence-corrected chi connectivity index (χ0v) is 13.6. The standard InChI is InChI=1S/C17H23N3O2/c1-12-10-17(20-13(2)19-12)18-9-5-6-14-11-15(21-3)7-8-16(14)22-4/h7-8,10-11H,5-6,9H2,1-4H3,(H,18,19,20). The maximum absolute atomic E-state index is 5.40. The Balaban J connectivity index is 1.90. The Bertz CT molecular complexity index is 609. The fourth-order valence-corrected chi connectivity index (χ4v) is 2.38. The molecule has 1 heterocycles. The third-order valence-electron chi connectivity index (χ3n) is 3.38. The molecule has 0 saturated heterocycles. The van der Waals surface area contributed by atoms with Crippen molar-refractivity contribution >= 4 is 5.82 Å². The number of rotatable bonds is 7. The highest BCUT2D eigenvalue weighted by molar-refractivity contribution is 5.40. The first-order chi connectivity index (χ1) is 10.6. The average molecular weight is 301 g/mol. The van der Waals surface area contributed by atoms with Gasteiger partial charge in [-0.05, 0) is 50.5 Å². The molecule has 0 bridgehead atoms. The van der Waals surface area contributed by atoms with E-state index >= 15 is 0 Å². The third-order valence-corrected chi connectivity index (χ3v) is 3.38. The molecule has 5 nitrogen and oxygen atoms in total. The molecule has 0 fully saturated rings. The van der Waals surface area contributed by atoms with Gasteiger partial charge in [-0.1, -0.05) is 0 Å². The molecule has 0 aliphatic heterocycles. The van der Waals surface area contributed by atoms with Gasteiger partial charge in [0, 0.05) is 18.3 Å². The number of hydrogen-bond donors (Lipinski definition) is 1. The topological polar surface area (TPSA) is 56.3 Å². The lowest BCUT2D eigenvalue weighted by Crippen LogP contribution is -2.07. The highest BCUT2D eigenvalue weighted by Gasteiger charge is 2.05. The molecule has 118 valence electrons. The van der Waals surface area contributed by atoms with Gasteiger partial charge in [0.15, 0.2) is 0 Å². The number of nitrogens with zero attached hydrogens (tertiary/aromatic N) is 2. The van der Waals surface area contributed by atoms with Gasteiger partial charge in [0.1, 0.15) is 23.1 Å². The molecule has 22 heavy (non-hydrogen) atoms. The van der Waals surface area contributed by atoms with E-state index in [-0.39, 0.29) is 0 Å². The highest BCUT2D eigenvalue weighted by Crippen LogP contribution is 2.25. The van der Waals surface area contributed by atoms with Crippen molar-refractivity contribution in [3.8, 4) is 11.5 Å². The summed E-state index contributed by atoms with van der Waals surface area (Å²) in [5, 5.41) is 3.34. The van der Waals surface area contributed by atoms with Crippen LogP contribution in [0.3, 0.4) is 0 Å². The van der Waals surface area contributed by atoms with Crippen molar-refractivity contribution in [2.75, 3.05) is 26.1 Å². The minimum absolute atomic E-state index is 0.789. The average Bonchev–Trinajstić information content (AvgIpc) is 2.50. The van der Waals surface area contributed by atoms with E-state index in [1.165, 1.54) is 0 Å². The van der Waals surface area contributed by atoms with Crippen molar-refractivity contribution in [3.63, 3.8) is 0 Å². The first-order valence-corrected chi connectivity index (χ1v) is 7.39. The van der Waals surface area contributed by atoms with Crippen LogP contribution >= 0.6 is 0 Å². The van der Waals surface area contributed by atoms with Crippen LogP contribution in [0, 0.1) is 13.8 Å². The van der Waals surface area contributed by atoms with Gasteiger partial charge in [-0.3, -0.25) is 0 Å². The van der Waals surface area contributed by atoms with E-state index in [1.54, 1.807) is 14.2 Å². The summed E-state index contributed by atoms with van der Waals surface area (Å²) in [5.41, 5.74) is 2.13. The molecule has 0 aliphatic carbocycles. The smallest absolute Gasteiger partial charge is 0.129 e.